The van der Waals surface area contributed by atoms with E-state index in [9.17, 15) is 14.9 Å². The van der Waals surface area contributed by atoms with Crippen LogP contribution in [0.15, 0.2) is 18.2 Å². The molecule has 0 radical (unpaired) electrons. The summed E-state index contributed by atoms with van der Waals surface area (Å²) in [6.07, 6.45) is 2.75. The molecule has 0 saturated heterocycles. The third-order valence-corrected chi connectivity index (χ3v) is 3.52. The predicted octanol–water partition coefficient (Wildman–Crippen LogP) is 1.21. The number of nitro benzene ring substituents is 1. The van der Waals surface area contributed by atoms with Gasteiger partial charge in [0.25, 0.3) is 5.91 Å². The van der Waals surface area contributed by atoms with Crippen molar-refractivity contribution in [3.63, 3.8) is 0 Å². The Morgan fingerprint density at radius 2 is 2.25 bits per heavy atom. The van der Waals surface area contributed by atoms with Crippen molar-refractivity contribution >= 4 is 11.6 Å². The summed E-state index contributed by atoms with van der Waals surface area (Å²) in [6.45, 7) is 0. The molecule has 0 aliphatic heterocycles. The molecule has 1 aromatic carbocycles. The number of ether oxygens (including phenoxy) is 1. The number of nitro groups is 1. The summed E-state index contributed by atoms with van der Waals surface area (Å²) in [5.41, 5.74) is 6.06. The first-order valence-electron chi connectivity index (χ1n) is 6.42. The average Bonchev–Trinajstić information content (AvgIpc) is 2.83. The Hall–Kier alpha value is -2.15. The molecule has 0 aromatic heterocycles. The standard InChI is InChI=1S/C13H17N3O4/c1-20-12-7-8(5-6-11(12)16(18)19)13(17)15-10-4-2-3-9(10)14/h5-7,9-10H,2-4,14H2,1H3,(H,15,17). The summed E-state index contributed by atoms with van der Waals surface area (Å²) < 4.78 is 4.94. The van der Waals surface area contributed by atoms with Gasteiger partial charge < -0.3 is 15.8 Å². The monoisotopic (exact) mass is 279 g/mol. The normalized spacial score (nSPS) is 21.5. The quantitative estimate of drug-likeness (QED) is 0.636. The Bertz CT molecular complexity index is 532. The maximum atomic E-state index is 12.1. The van der Waals surface area contributed by atoms with Crippen LogP contribution >= 0.6 is 0 Å². The molecule has 1 fully saturated rings. The van der Waals surface area contributed by atoms with Gasteiger partial charge in [0.05, 0.1) is 12.0 Å². The fraction of sp³-hybridized carbons (Fsp3) is 0.462. The van der Waals surface area contributed by atoms with E-state index in [4.69, 9.17) is 10.5 Å². The maximum Gasteiger partial charge on any atom is 0.310 e. The van der Waals surface area contributed by atoms with Gasteiger partial charge in [0.15, 0.2) is 5.75 Å². The van der Waals surface area contributed by atoms with Crippen LogP contribution in [-0.4, -0.2) is 30.0 Å². The molecule has 1 saturated carbocycles. The van der Waals surface area contributed by atoms with Gasteiger partial charge in [-0.1, -0.05) is 0 Å². The Morgan fingerprint density at radius 3 is 2.80 bits per heavy atom. The number of benzene rings is 1. The third-order valence-electron chi connectivity index (χ3n) is 3.52. The van der Waals surface area contributed by atoms with Gasteiger partial charge in [0.2, 0.25) is 0 Å². The molecule has 3 N–H and O–H groups in total. The minimum atomic E-state index is -0.548. The SMILES string of the molecule is COc1cc(C(=O)NC2CCCC2N)ccc1[N+](=O)[O-]. The van der Waals surface area contributed by atoms with Gasteiger partial charge in [-0.15, -0.1) is 0 Å². The van der Waals surface area contributed by atoms with E-state index in [2.05, 4.69) is 5.32 Å². The van der Waals surface area contributed by atoms with Crippen molar-refractivity contribution in [2.24, 2.45) is 5.73 Å². The summed E-state index contributed by atoms with van der Waals surface area (Å²) in [7, 11) is 1.33. The first-order chi connectivity index (χ1) is 9.52. The molecule has 0 spiro atoms. The van der Waals surface area contributed by atoms with Crippen LogP contribution in [0.5, 0.6) is 5.75 Å². The van der Waals surface area contributed by atoms with Crippen molar-refractivity contribution < 1.29 is 14.5 Å². The molecule has 0 bridgehead atoms. The topological polar surface area (TPSA) is 107 Å². The maximum absolute atomic E-state index is 12.1. The lowest BCUT2D eigenvalue weighted by atomic mass is 10.1. The molecule has 2 unspecified atom stereocenters. The lowest BCUT2D eigenvalue weighted by Gasteiger charge is -2.17. The van der Waals surface area contributed by atoms with E-state index in [0.717, 1.165) is 19.3 Å². The second-order valence-electron chi connectivity index (χ2n) is 4.82. The number of nitrogens with two attached hydrogens (primary N) is 1. The van der Waals surface area contributed by atoms with Crippen molar-refractivity contribution in [2.75, 3.05) is 7.11 Å². The van der Waals surface area contributed by atoms with E-state index in [0.29, 0.717) is 5.56 Å². The van der Waals surface area contributed by atoms with E-state index >= 15 is 0 Å². The molecule has 0 heterocycles. The van der Waals surface area contributed by atoms with Crippen LogP contribution in [-0.2, 0) is 0 Å². The van der Waals surface area contributed by atoms with Crippen LogP contribution < -0.4 is 15.8 Å². The highest BCUT2D eigenvalue weighted by Gasteiger charge is 2.26. The van der Waals surface area contributed by atoms with Crippen molar-refractivity contribution in [1.29, 1.82) is 0 Å². The molecule has 108 valence electrons. The molecule has 7 heteroatoms. The van der Waals surface area contributed by atoms with Crippen LogP contribution in [0.25, 0.3) is 0 Å². The Labute approximate surface area is 116 Å². The van der Waals surface area contributed by atoms with Crippen LogP contribution in [0.4, 0.5) is 5.69 Å². The predicted molar refractivity (Wildman–Crippen MR) is 72.7 cm³/mol. The summed E-state index contributed by atoms with van der Waals surface area (Å²) in [6, 6.07) is 3.98. The average molecular weight is 279 g/mol. The fourth-order valence-electron chi connectivity index (χ4n) is 2.39. The number of rotatable bonds is 4. The van der Waals surface area contributed by atoms with E-state index in [-0.39, 0.29) is 29.4 Å². The summed E-state index contributed by atoms with van der Waals surface area (Å²) >= 11 is 0. The number of amides is 1. The highest BCUT2D eigenvalue weighted by molar-refractivity contribution is 5.95. The number of carbonyl (C=O) groups is 1. The molecule has 7 nitrogen and oxygen atoms in total. The summed E-state index contributed by atoms with van der Waals surface area (Å²) in [5.74, 6) is -0.223. The van der Waals surface area contributed by atoms with Gasteiger partial charge in [-0.3, -0.25) is 14.9 Å². The van der Waals surface area contributed by atoms with Gasteiger partial charge in [0, 0.05) is 29.8 Å². The lowest BCUT2D eigenvalue weighted by Crippen LogP contribution is -2.43. The smallest absolute Gasteiger partial charge is 0.310 e. The number of nitrogens with one attached hydrogen (secondary N) is 1. The van der Waals surface area contributed by atoms with Crippen LogP contribution in [0.3, 0.4) is 0 Å². The molecule has 1 aliphatic rings. The highest BCUT2D eigenvalue weighted by Crippen LogP contribution is 2.27. The van der Waals surface area contributed by atoms with Gasteiger partial charge in [0.1, 0.15) is 0 Å². The van der Waals surface area contributed by atoms with E-state index in [1.165, 1.54) is 25.3 Å². The van der Waals surface area contributed by atoms with Crippen molar-refractivity contribution in [3.8, 4) is 5.75 Å². The second-order valence-corrected chi connectivity index (χ2v) is 4.82. The summed E-state index contributed by atoms with van der Waals surface area (Å²) in [5, 5.41) is 13.6. The Morgan fingerprint density at radius 1 is 1.50 bits per heavy atom. The van der Waals surface area contributed by atoms with Gasteiger partial charge in [-0.2, -0.15) is 0 Å². The number of carbonyl (C=O) groups excluding carboxylic acids is 1. The molecular formula is C13H17N3O4. The highest BCUT2D eigenvalue weighted by atomic mass is 16.6. The van der Waals surface area contributed by atoms with Crippen molar-refractivity contribution in [1.82, 2.24) is 5.32 Å². The van der Waals surface area contributed by atoms with Crippen molar-refractivity contribution in [3.05, 3.63) is 33.9 Å². The van der Waals surface area contributed by atoms with Crippen LogP contribution in [0, 0.1) is 10.1 Å². The summed E-state index contributed by atoms with van der Waals surface area (Å²) in [4.78, 5) is 22.3. The Balaban J connectivity index is 2.16. The first-order valence-corrected chi connectivity index (χ1v) is 6.42. The van der Waals surface area contributed by atoms with Crippen LogP contribution in [0.1, 0.15) is 29.6 Å². The van der Waals surface area contributed by atoms with E-state index in [1.54, 1.807) is 0 Å². The zero-order valence-corrected chi connectivity index (χ0v) is 11.2. The number of methoxy groups -OCH3 is 1. The van der Waals surface area contributed by atoms with Gasteiger partial charge in [-0.05, 0) is 25.3 Å². The zero-order chi connectivity index (χ0) is 14.7. The molecule has 2 atom stereocenters. The third kappa shape index (κ3) is 2.88. The minimum absolute atomic E-state index is 0.0288. The largest absolute Gasteiger partial charge is 0.490 e. The Kier molecular flexibility index (Phi) is 4.19. The van der Waals surface area contributed by atoms with Crippen molar-refractivity contribution in [2.45, 2.75) is 31.3 Å². The van der Waals surface area contributed by atoms with E-state index < -0.39 is 4.92 Å². The molecule has 1 aromatic rings. The fourth-order valence-corrected chi connectivity index (χ4v) is 2.39. The zero-order valence-electron chi connectivity index (χ0n) is 11.2. The number of nitrogens with zero attached hydrogens (tertiary/aromatic N) is 1. The molecule has 2 rings (SSSR count). The molecular weight excluding hydrogens is 262 g/mol. The molecule has 20 heavy (non-hydrogen) atoms. The second kappa shape index (κ2) is 5.87. The van der Waals surface area contributed by atoms with E-state index in [1.807, 2.05) is 0 Å². The lowest BCUT2D eigenvalue weighted by molar-refractivity contribution is -0.385. The molecule has 1 amide bonds. The number of hydrogen-bond acceptors (Lipinski definition) is 5. The minimum Gasteiger partial charge on any atom is -0.490 e. The first kappa shape index (κ1) is 14.3. The van der Waals surface area contributed by atoms with Gasteiger partial charge >= 0.3 is 5.69 Å². The molecule has 1 aliphatic carbocycles. The van der Waals surface area contributed by atoms with Gasteiger partial charge in [-0.25, -0.2) is 0 Å². The number of hydrogen-bond donors (Lipinski definition) is 2. The van der Waals surface area contributed by atoms with Crippen LogP contribution in [0.2, 0.25) is 0 Å².